The lowest BCUT2D eigenvalue weighted by Crippen LogP contribution is -2.61. The number of amides is 2. The van der Waals surface area contributed by atoms with Crippen LogP contribution in [0.3, 0.4) is 0 Å². The van der Waals surface area contributed by atoms with E-state index < -0.39 is 0 Å². The molecule has 0 spiro atoms. The van der Waals surface area contributed by atoms with Crippen molar-refractivity contribution in [3.05, 3.63) is 101 Å². The Morgan fingerprint density at radius 2 is 1.71 bits per heavy atom. The summed E-state index contributed by atoms with van der Waals surface area (Å²) in [5.41, 5.74) is 5.57. The van der Waals surface area contributed by atoms with Crippen LogP contribution in [0.4, 0.5) is 0 Å². The number of rotatable bonds is 13. The molecule has 238 valence electrons. The Bertz CT molecular complexity index is 1470. The number of likely N-dealkylation sites (N-methyl/N-ethyl adjacent to an activating group) is 1. The number of methoxy groups -OCH3 is 1. The van der Waals surface area contributed by atoms with E-state index in [2.05, 4.69) is 17.4 Å². The third-order valence-electron chi connectivity index (χ3n) is 8.79. The van der Waals surface area contributed by atoms with Crippen molar-refractivity contribution in [3.8, 4) is 11.5 Å². The third-order valence-corrected chi connectivity index (χ3v) is 8.79. The molecule has 3 aromatic rings. The average Bonchev–Trinajstić information content (AvgIpc) is 3.07. The van der Waals surface area contributed by atoms with Gasteiger partial charge in [-0.15, -0.1) is 0 Å². The lowest BCUT2D eigenvalue weighted by atomic mass is 9.83. The van der Waals surface area contributed by atoms with E-state index in [9.17, 15) is 9.59 Å². The minimum absolute atomic E-state index is 0.00883. The van der Waals surface area contributed by atoms with E-state index in [0.717, 1.165) is 46.6 Å². The number of fused-ring (bicyclic) bond motifs is 2. The molecule has 3 aromatic carbocycles. The van der Waals surface area contributed by atoms with Crippen LogP contribution in [0.1, 0.15) is 49.3 Å². The van der Waals surface area contributed by atoms with Gasteiger partial charge in [-0.25, -0.2) is 0 Å². The van der Waals surface area contributed by atoms with E-state index in [1.165, 1.54) is 5.57 Å². The SMILES string of the molecule is COc1ccccc1COCCCOc1ccc(C2=C(CN(C)C(=O)[C@@H](C)c3ccccc3)C3CN(C(C)=O)CC(C2)N3)cc1. The van der Waals surface area contributed by atoms with Crippen molar-refractivity contribution in [1.29, 1.82) is 0 Å². The summed E-state index contributed by atoms with van der Waals surface area (Å²) in [5, 5.41) is 3.73. The molecular weight excluding hydrogens is 566 g/mol. The molecule has 3 atom stereocenters. The maximum Gasteiger partial charge on any atom is 0.229 e. The van der Waals surface area contributed by atoms with Crippen LogP contribution in [0.2, 0.25) is 0 Å². The minimum atomic E-state index is -0.243. The molecule has 5 rings (SSSR count). The van der Waals surface area contributed by atoms with Gasteiger partial charge in [0.05, 0.1) is 32.8 Å². The molecule has 0 saturated carbocycles. The normalized spacial score (nSPS) is 18.4. The lowest BCUT2D eigenvalue weighted by molar-refractivity contribution is -0.132. The summed E-state index contributed by atoms with van der Waals surface area (Å²) in [5.74, 6) is 1.56. The van der Waals surface area contributed by atoms with Gasteiger partial charge in [0.1, 0.15) is 11.5 Å². The fraction of sp³-hybridized carbons (Fsp3) is 0.405. The summed E-state index contributed by atoms with van der Waals surface area (Å²) < 4.78 is 17.2. The Morgan fingerprint density at radius 3 is 2.44 bits per heavy atom. The van der Waals surface area contributed by atoms with Gasteiger partial charge in [-0.3, -0.25) is 9.59 Å². The fourth-order valence-electron chi connectivity index (χ4n) is 6.29. The summed E-state index contributed by atoms with van der Waals surface area (Å²) >= 11 is 0. The van der Waals surface area contributed by atoms with E-state index in [-0.39, 0.29) is 29.8 Å². The van der Waals surface area contributed by atoms with Gasteiger partial charge in [-0.2, -0.15) is 0 Å². The molecular formula is C37H45N3O5. The summed E-state index contributed by atoms with van der Waals surface area (Å²) in [7, 11) is 3.54. The highest BCUT2D eigenvalue weighted by Crippen LogP contribution is 2.34. The largest absolute Gasteiger partial charge is 0.496 e. The first-order chi connectivity index (χ1) is 21.8. The molecule has 45 heavy (non-hydrogen) atoms. The smallest absolute Gasteiger partial charge is 0.229 e. The number of hydrogen-bond donors (Lipinski definition) is 1. The van der Waals surface area contributed by atoms with Crippen LogP contribution in [-0.4, -0.2) is 80.7 Å². The van der Waals surface area contributed by atoms with Crippen molar-refractivity contribution in [1.82, 2.24) is 15.1 Å². The molecule has 2 aliphatic heterocycles. The van der Waals surface area contributed by atoms with Gasteiger partial charge in [-0.05, 0) is 53.8 Å². The number of nitrogens with one attached hydrogen (secondary N) is 1. The Balaban J connectivity index is 1.24. The van der Waals surface area contributed by atoms with E-state index in [0.29, 0.717) is 39.5 Å². The van der Waals surface area contributed by atoms with E-state index >= 15 is 0 Å². The first-order valence-corrected chi connectivity index (χ1v) is 15.8. The molecule has 1 saturated heterocycles. The molecule has 2 aliphatic rings. The summed E-state index contributed by atoms with van der Waals surface area (Å²) in [6, 6.07) is 26.2. The molecule has 0 aromatic heterocycles. The van der Waals surface area contributed by atoms with Gasteiger partial charge in [-0.1, -0.05) is 60.7 Å². The van der Waals surface area contributed by atoms with Crippen LogP contribution >= 0.6 is 0 Å². The number of ether oxygens (including phenoxy) is 3. The Hall–Kier alpha value is -4.14. The van der Waals surface area contributed by atoms with Gasteiger partial charge < -0.3 is 29.3 Å². The second kappa shape index (κ2) is 15.2. The maximum atomic E-state index is 13.5. The van der Waals surface area contributed by atoms with Crippen LogP contribution in [0.5, 0.6) is 11.5 Å². The number of piperazine rings is 1. The highest BCUT2D eigenvalue weighted by molar-refractivity contribution is 5.84. The molecule has 2 bridgehead atoms. The predicted octanol–water partition coefficient (Wildman–Crippen LogP) is 5.29. The fourth-order valence-corrected chi connectivity index (χ4v) is 6.29. The van der Waals surface area contributed by atoms with Crippen LogP contribution < -0.4 is 14.8 Å². The van der Waals surface area contributed by atoms with Crippen molar-refractivity contribution >= 4 is 17.4 Å². The number of benzene rings is 3. The number of nitrogens with zero attached hydrogens (tertiary/aromatic N) is 2. The van der Waals surface area contributed by atoms with Crippen LogP contribution in [0, 0.1) is 0 Å². The summed E-state index contributed by atoms with van der Waals surface area (Å²) in [4.78, 5) is 29.6. The lowest BCUT2D eigenvalue weighted by Gasteiger charge is -2.45. The van der Waals surface area contributed by atoms with Crippen LogP contribution in [0.25, 0.3) is 5.57 Å². The van der Waals surface area contributed by atoms with Gasteiger partial charge in [0.25, 0.3) is 0 Å². The first-order valence-electron chi connectivity index (χ1n) is 15.8. The zero-order chi connectivity index (χ0) is 31.8. The van der Waals surface area contributed by atoms with Gasteiger partial charge >= 0.3 is 0 Å². The van der Waals surface area contributed by atoms with Gasteiger partial charge in [0.15, 0.2) is 0 Å². The molecule has 8 nitrogen and oxygen atoms in total. The first kappa shape index (κ1) is 32.3. The summed E-state index contributed by atoms with van der Waals surface area (Å²) in [6.07, 6.45) is 1.56. The molecule has 1 N–H and O–H groups in total. The van der Waals surface area contributed by atoms with Gasteiger partial charge in [0.2, 0.25) is 11.8 Å². The Morgan fingerprint density at radius 1 is 0.978 bits per heavy atom. The monoisotopic (exact) mass is 611 g/mol. The molecule has 0 aliphatic carbocycles. The molecule has 2 amide bonds. The highest BCUT2D eigenvalue weighted by atomic mass is 16.5. The topological polar surface area (TPSA) is 80.3 Å². The van der Waals surface area contributed by atoms with Crippen molar-refractivity contribution in [3.63, 3.8) is 0 Å². The zero-order valence-corrected chi connectivity index (χ0v) is 26.8. The standard InChI is InChI=1S/C37H45N3O5/c1-26(28-11-6-5-7-12-28)37(42)39(3)23-34-33(21-31-22-40(27(2)41)24-35(34)38-31)29-15-17-32(18-16-29)45-20-10-19-44-25-30-13-8-9-14-36(30)43-4/h5-9,11-18,26,31,35,38H,10,19-25H2,1-4H3/t26-,31?,35?/m0/s1. The van der Waals surface area contributed by atoms with Crippen LogP contribution in [0.15, 0.2) is 84.4 Å². The quantitative estimate of drug-likeness (QED) is 0.265. The second-order valence-electron chi connectivity index (χ2n) is 12.0. The molecule has 2 unspecified atom stereocenters. The summed E-state index contributed by atoms with van der Waals surface area (Å²) in [6.45, 7) is 7.02. The van der Waals surface area contributed by atoms with Crippen molar-refractivity contribution in [2.24, 2.45) is 0 Å². The highest BCUT2D eigenvalue weighted by Gasteiger charge is 2.37. The third kappa shape index (κ3) is 8.12. The number of carbonyl (C=O) groups excluding carboxylic acids is 2. The predicted molar refractivity (Wildman–Crippen MR) is 176 cm³/mol. The van der Waals surface area contributed by atoms with Crippen molar-refractivity contribution < 1.29 is 23.8 Å². The second-order valence-corrected chi connectivity index (χ2v) is 12.0. The molecule has 8 heteroatoms. The van der Waals surface area contributed by atoms with Crippen molar-refractivity contribution in [2.75, 3.05) is 47.0 Å². The maximum absolute atomic E-state index is 13.5. The number of para-hydroxylation sites is 1. The van der Waals surface area contributed by atoms with Crippen molar-refractivity contribution in [2.45, 2.75) is 51.3 Å². The Labute approximate surface area is 267 Å². The number of carbonyl (C=O) groups is 2. The minimum Gasteiger partial charge on any atom is -0.496 e. The van der Waals surface area contributed by atoms with Crippen LogP contribution in [-0.2, 0) is 20.9 Å². The van der Waals surface area contributed by atoms with Gasteiger partial charge in [0, 0.05) is 57.7 Å². The average molecular weight is 612 g/mol. The molecule has 2 heterocycles. The zero-order valence-electron chi connectivity index (χ0n) is 26.8. The van der Waals surface area contributed by atoms with E-state index in [1.807, 2.05) is 90.5 Å². The number of hydrogen-bond acceptors (Lipinski definition) is 6. The molecule has 1 fully saturated rings. The Kier molecular flexibility index (Phi) is 10.9. The van der Waals surface area contributed by atoms with E-state index in [4.69, 9.17) is 14.2 Å². The molecule has 0 radical (unpaired) electrons. The van der Waals surface area contributed by atoms with E-state index in [1.54, 1.807) is 14.0 Å².